The molecule has 0 aliphatic rings. The Kier molecular flexibility index (Phi) is 6.92. The van der Waals surface area contributed by atoms with Gasteiger partial charge in [0, 0.05) is 25.8 Å². The van der Waals surface area contributed by atoms with Crippen LogP contribution in [-0.2, 0) is 16.1 Å². The molecule has 0 aromatic heterocycles. The molecule has 1 aromatic carbocycles. The van der Waals surface area contributed by atoms with Gasteiger partial charge in [-0.1, -0.05) is 25.1 Å². The molecule has 106 valence electrons. The molecule has 0 heterocycles. The Hall–Kier alpha value is -1.59. The van der Waals surface area contributed by atoms with Crippen molar-refractivity contribution in [1.29, 1.82) is 0 Å². The first kappa shape index (κ1) is 15.5. The molecule has 0 spiro atoms. The fourth-order valence-electron chi connectivity index (χ4n) is 1.66. The van der Waals surface area contributed by atoms with Crippen molar-refractivity contribution in [3.8, 4) is 5.75 Å². The molecule has 0 fully saturated rings. The van der Waals surface area contributed by atoms with Gasteiger partial charge < -0.3 is 20.5 Å². The van der Waals surface area contributed by atoms with E-state index in [4.69, 9.17) is 15.2 Å². The summed E-state index contributed by atoms with van der Waals surface area (Å²) < 4.78 is 10.6. The summed E-state index contributed by atoms with van der Waals surface area (Å²) in [6, 6.07) is 7.62. The van der Waals surface area contributed by atoms with Crippen molar-refractivity contribution in [2.75, 3.05) is 20.3 Å². The Morgan fingerprint density at radius 1 is 1.42 bits per heavy atom. The maximum absolute atomic E-state index is 11.2. The summed E-state index contributed by atoms with van der Waals surface area (Å²) in [5.74, 6) is 0.253. The van der Waals surface area contributed by atoms with Gasteiger partial charge in [-0.25, -0.2) is 0 Å². The van der Waals surface area contributed by atoms with Gasteiger partial charge >= 0.3 is 0 Å². The van der Waals surface area contributed by atoms with E-state index in [0.717, 1.165) is 12.1 Å². The molecular weight excluding hydrogens is 244 g/mol. The van der Waals surface area contributed by atoms with Crippen LogP contribution in [0.4, 0.5) is 0 Å². The lowest BCUT2D eigenvalue weighted by atomic mass is 10.2. The van der Waals surface area contributed by atoms with Crippen LogP contribution in [-0.4, -0.2) is 32.3 Å². The average molecular weight is 266 g/mol. The molecule has 3 N–H and O–H groups in total. The third kappa shape index (κ3) is 5.28. The zero-order valence-electron chi connectivity index (χ0n) is 11.5. The number of carbonyl (C=O) groups is 1. The first-order valence-electron chi connectivity index (χ1n) is 6.42. The summed E-state index contributed by atoms with van der Waals surface area (Å²) in [5, 5.41) is 3.24. The van der Waals surface area contributed by atoms with E-state index in [1.807, 2.05) is 31.2 Å². The molecule has 1 atom stereocenters. The molecule has 1 amide bonds. The smallest absolute Gasteiger partial charge is 0.258 e. The molecule has 1 unspecified atom stereocenters. The lowest BCUT2D eigenvalue weighted by Crippen LogP contribution is -2.33. The minimum Gasteiger partial charge on any atom is -0.480 e. The van der Waals surface area contributed by atoms with E-state index in [0.29, 0.717) is 25.3 Å². The molecule has 0 aliphatic heterocycles. The van der Waals surface area contributed by atoms with Crippen LogP contribution in [0.3, 0.4) is 0 Å². The molecule has 5 heteroatoms. The number of nitrogens with one attached hydrogen (secondary N) is 1. The second kappa shape index (κ2) is 8.50. The van der Waals surface area contributed by atoms with Gasteiger partial charge in [-0.2, -0.15) is 0 Å². The Morgan fingerprint density at radius 3 is 2.79 bits per heavy atom. The number of primary amides is 1. The Bertz CT molecular complexity index is 396. The third-order valence-electron chi connectivity index (χ3n) is 2.73. The topological polar surface area (TPSA) is 73.6 Å². The third-order valence-corrected chi connectivity index (χ3v) is 2.73. The number of methoxy groups -OCH3 is 1. The highest BCUT2D eigenvalue weighted by Crippen LogP contribution is 2.19. The van der Waals surface area contributed by atoms with Crippen LogP contribution < -0.4 is 15.8 Å². The van der Waals surface area contributed by atoms with E-state index in [1.54, 1.807) is 7.11 Å². The summed E-state index contributed by atoms with van der Waals surface area (Å²) >= 11 is 0. The van der Waals surface area contributed by atoms with Gasteiger partial charge in [0.2, 0.25) is 0 Å². The molecule has 0 radical (unpaired) electrons. The first-order valence-corrected chi connectivity index (χ1v) is 6.42. The second-order valence-corrected chi connectivity index (χ2v) is 4.19. The highest BCUT2D eigenvalue weighted by Gasteiger charge is 2.16. The largest absolute Gasteiger partial charge is 0.480 e. The highest BCUT2D eigenvalue weighted by molar-refractivity contribution is 5.79. The number of benzene rings is 1. The number of carbonyl (C=O) groups excluding carboxylic acids is 1. The molecule has 1 rings (SSSR count). The summed E-state index contributed by atoms with van der Waals surface area (Å²) in [7, 11) is 1.66. The average Bonchev–Trinajstić information content (AvgIpc) is 2.42. The first-order chi connectivity index (χ1) is 9.19. The van der Waals surface area contributed by atoms with Crippen LogP contribution in [0.25, 0.3) is 0 Å². The highest BCUT2D eigenvalue weighted by atomic mass is 16.5. The summed E-state index contributed by atoms with van der Waals surface area (Å²) in [5.41, 5.74) is 6.29. The standard InChI is InChI=1S/C14H22N2O3/c1-3-12(14(15)17)19-13-7-5-4-6-11(13)10-16-8-9-18-2/h4-7,12,16H,3,8-10H2,1-2H3,(H2,15,17). The van der Waals surface area contributed by atoms with Gasteiger partial charge in [0.15, 0.2) is 6.10 Å². The van der Waals surface area contributed by atoms with E-state index in [-0.39, 0.29) is 0 Å². The number of rotatable bonds is 9. The Labute approximate surface area is 114 Å². The van der Waals surface area contributed by atoms with Crippen molar-refractivity contribution in [2.45, 2.75) is 26.0 Å². The summed E-state index contributed by atoms with van der Waals surface area (Å²) in [4.78, 5) is 11.2. The zero-order chi connectivity index (χ0) is 14.1. The number of hydrogen-bond acceptors (Lipinski definition) is 4. The molecule has 0 aliphatic carbocycles. The normalized spacial score (nSPS) is 12.1. The predicted molar refractivity (Wildman–Crippen MR) is 73.9 cm³/mol. The van der Waals surface area contributed by atoms with Gasteiger partial charge in [0.1, 0.15) is 5.75 Å². The van der Waals surface area contributed by atoms with Gasteiger partial charge in [0.25, 0.3) is 5.91 Å². The Balaban J connectivity index is 2.64. The zero-order valence-corrected chi connectivity index (χ0v) is 11.5. The maximum atomic E-state index is 11.2. The fraction of sp³-hybridized carbons (Fsp3) is 0.500. The monoisotopic (exact) mass is 266 g/mol. The van der Waals surface area contributed by atoms with Crippen molar-refractivity contribution in [1.82, 2.24) is 5.32 Å². The minimum atomic E-state index is -0.583. The summed E-state index contributed by atoms with van der Waals surface area (Å²) in [6.45, 7) is 3.95. The van der Waals surface area contributed by atoms with Gasteiger partial charge in [-0.05, 0) is 12.5 Å². The number of ether oxygens (including phenoxy) is 2. The fourth-order valence-corrected chi connectivity index (χ4v) is 1.66. The summed E-state index contributed by atoms with van der Waals surface area (Å²) in [6.07, 6.45) is -0.0269. The maximum Gasteiger partial charge on any atom is 0.258 e. The molecule has 0 saturated heterocycles. The van der Waals surface area contributed by atoms with Crippen LogP contribution in [0.1, 0.15) is 18.9 Å². The Morgan fingerprint density at radius 2 is 2.16 bits per heavy atom. The van der Waals surface area contributed by atoms with Crippen molar-refractivity contribution < 1.29 is 14.3 Å². The molecule has 19 heavy (non-hydrogen) atoms. The van der Waals surface area contributed by atoms with Crippen LogP contribution >= 0.6 is 0 Å². The van der Waals surface area contributed by atoms with Gasteiger partial charge in [0.05, 0.1) is 6.61 Å². The SMILES string of the molecule is CCC(Oc1ccccc1CNCCOC)C(N)=O. The number of para-hydroxylation sites is 1. The predicted octanol–water partition coefficient (Wildman–Crippen LogP) is 1.07. The van der Waals surface area contributed by atoms with E-state index < -0.39 is 12.0 Å². The molecular formula is C14H22N2O3. The molecule has 0 saturated carbocycles. The number of nitrogens with two attached hydrogens (primary N) is 1. The van der Waals surface area contributed by atoms with Crippen LogP contribution in [0.5, 0.6) is 5.75 Å². The number of hydrogen-bond donors (Lipinski definition) is 2. The number of amides is 1. The molecule has 1 aromatic rings. The van der Waals surface area contributed by atoms with Gasteiger partial charge in [-0.3, -0.25) is 4.79 Å². The van der Waals surface area contributed by atoms with E-state index in [9.17, 15) is 4.79 Å². The van der Waals surface area contributed by atoms with E-state index in [1.165, 1.54) is 0 Å². The second-order valence-electron chi connectivity index (χ2n) is 4.19. The van der Waals surface area contributed by atoms with Crippen molar-refractivity contribution in [2.24, 2.45) is 5.73 Å². The van der Waals surface area contributed by atoms with Crippen molar-refractivity contribution >= 4 is 5.91 Å². The van der Waals surface area contributed by atoms with E-state index >= 15 is 0 Å². The van der Waals surface area contributed by atoms with Crippen LogP contribution in [0.15, 0.2) is 24.3 Å². The van der Waals surface area contributed by atoms with Crippen LogP contribution in [0, 0.1) is 0 Å². The lowest BCUT2D eigenvalue weighted by Gasteiger charge is -2.17. The van der Waals surface area contributed by atoms with Crippen molar-refractivity contribution in [3.63, 3.8) is 0 Å². The van der Waals surface area contributed by atoms with E-state index in [2.05, 4.69) is 5.32 Å². The van der Waals surface area contributed by atoms with Gasteiger partial charge in [-0.15, -0.1) is 0 Å². The van der Waals surface area contributed by atoms with Crippen molar-refractivity contribution in [3.05, 3.63) is 29.8 Å². The van der Waals surface area contributed by atoms with Crippen LogP contribution in [0.2, 0.25) is 0 Å². The lowest BCUT2D eigenvalue weighted by molar-refractivity contribution is -0.124. The quantitative estimate of drug-likeness (QED) is 0.656. The molecule has 0 bridgehead atoms. The molecule has 5 nitrogen and oxygen atoms in total. The minimum absolute atomic E-state index is 0.440.